The number of nitrogens with one attached hydrogen (secondary N) is 1. The second-order valence-electron chi connectivity index (χ2n) is 5.86. The van der Waals surface area contributed by atoms with Crippen LogP contribution in [0.3, 0.4) is 0 Å². The van der Waals surface area contributed by atoms with Crippen molar-refractivity contribution in [1.82, 2.24) is 9.55 Å². The molecule has 2 aromatic rings. The fraction of sp³-hybridized carbons (Fsp3) is 0.278. The van der Waals surface area contributed by atoms with Gasteiger partial charge < -0.3 is 19.7 Å². The molecule has 2 N–H and O–H groups in total. The lowest BCUT2D eigenvalue weighted by molar-refractivity contribution is -0.116. The Morgan fingerprint density at radius 2 is 2.27 bits per heavy atom. The summed E-state index contributed by atoms with van der Waals surface area (Å²) in [6.07, 6.45) is 1.83. The van der Waals surface area contributed by atoms with Gasteiger partial charge in [0.1, 0.15) is 5.82 Å². The van der Waals surface area contributed by atoms with E-state index in [2.05, 4.69) is 16.9 Å². The second kappa shape index (κ2) is 7.25. The predicted molar refractivity (Wildman–Crippen MR) is 100 cm³/mol. The molecule has 1 aliphatic rings. The van der Waals surface area contributed by atoms with Crippen molar-refractivity contribution in [3.63, 3.8) is 0 Å². The van der Waals surface area contributed by atoms with Crippen LogP contribution >= 0.6 is 11.8 Å². The Hall–Kier alpha value is -2.74. The summed E-state index contributed by atoms with van der Waals surface area (Å²) >= 11 is 1.37. The number of benzene rings is 1. The molecule has 136 valence electrons. The molecule has 0 radical (unpaired) electrons. The molecule has 1 aromatic carbocycles. The number of anilines is 1. The van der Waals surface area contributed by atoms with Gasteiger partial charge in [0, 0.05) is 25.1 Å². The Balaban J connectivity index is 2.13. The standard InChI is InChI=1S/C18H19N3O4S/c1-4-7-26-18-20-17(24)15-11(9-14(23)19-16(15)21(18)2)10-5-6-13(25-3)12(22)8-10/h4-6,8,11,22H,1,7,9H2,2-3H3,(H,19,23). The molecule has 0 fully saturated rings. The fourth-order valence-electron chi connectivity index (χ4n) is 3.01. The first-order valence-electron chi connectivity index (χ1n) is 7.97. The zero-order valence-corrected chi connectivity index (χ0v) is 15.3. The first-order valence-corrected chi connectivity index (χ1v) is 8.96. The Morgan fingerprint density at radius 1 is 1.50 bits per heavy atom. The predicted octanol–water partition coefficient (Wildman–Crippen LogP) is 2.25. The SMILES string of the molecule is C=CCSc1nc(=O)c2c(n1C)NC(=O)CC2c1ccc(OC)c(O)c1. The van der Waals surface area contributed by atoms with Crippen LogP contribution in [-0.4, -0.2) is 33.4 Å². The normalized spacial score (nSPS) is 15.9. The molecular weight excluding hydrogens is 354 g/mol. The van der Waals surface area contributed by atoms with Crippen molar-refractivity contribution < 1.29 is 14.6 Å². The van der Waals surface area contributed by atoms with Gasteiger partial charge in [-0.25, -0.2) is 0 Å². The van der Waals surface area contributed by atoms with Crippen LogP contribution in [0.15, 0.2) is 40.8 Å². The number of ether oxygens (including phenoxy) is 1. The van der Waals surface area contributed by atoms with Gasteiger partial charge in [0.2, 0.25) is 5.91 Å². The molecule has 0 saturated heterocycles. The van der Waals surface area contributed by atoms with E-state index in [1.165, 1.54) is 24.9 Å². The summed E-state index contributed by atoms with van der Waals surface area (Å²) in [7, 11) is 3.21. The number of hydrogen-bond donors (Lipinski definition) is 2. The highest BCUT2D eigenvalue weighted by Crippen LogP contribution is 2.38. The van der Waals surface area contributed by atoms with Crippen LogP contribution in [0.25, 0.3) is 0 Å². The number of rotatable bonds is 5. The number of carbonyl (C=O) groups is 1. The molecule has 7 nitrogen and oxygen atoms in total. The largest absolute Gasteiger partial charge is 0.504 e. The smallest absolute Gasteiger partial charge is 0.279 e. The Bertz CT molecular complexity index is 939. The highest BCUT2D eigenvalue weighted by molar-refractivity contribution is 7.99. The molecule has 1 aromatic heterocycles. The number of phenols is 1. The lowest BCUT2D eigenvalue weighted by atomic mass is 9.86. The van der Waals surface area contributed by atoms with Gasteiger partial charge in [0.25, 0.3) is 5.56 Å². The van der Waals surface area contributed by atoms with E-state index in [1.54, 1.807) is 29.8 Å². The maximum atomic E-state index is 12.7. The number of amides is 1. The summed E-state index contributed by atoms with van der Waals surface area (Å²) in [6, 6.07) is 4.88. The molecule has 0 spiro atoms. The van der Waals surface area contributed by atoms with Crippen LogP contribution in [-0.2, 0) is 11.8 Å². The fourth-order valence-corrected chi connectivity index (χ4v) is 3.71. The number of carbonyl (C=O) groups excluding carboxylic acids is 1. The lowest BCUT2D eigenvalue weighted by Crippen LogP contribution is -2.33. The number of phenolic OH excluding ortho intramolecular Hbond substituents is 1. The summed E-state index contributed by atoms with van der Waals surface area (Å²) in [6.45, 7) is 3.66. The minimum Gasteiger partial charge on any atom is -0.504 e. The molecule has 26 heavy (non-hydrogen) atoms. The minimum atomic E-state index is -0.486. The first kappa shape index (κ1) is 18.1. The van der Waals surface area contributed by atoms with Crippen molar-refractivity contribution in [2.45, 2.75) is 17.5 Å². The van der Waals surface area contributed by atoms with Crippen molar-refractivity contribution in [2.24, 2.45) is 7.05 Å². The molecule has 8 heteroatoms. The molecule has 1 aliphatic heterocycles. The molecule has 1 amide bonds. The third kappa shape index (κ3) is 3.20. The average molecular weight is 373 g/mol. The van der Waals surface area contributed by atoms with Gasteiger partial charge in [0.05, 0.1) is 12.7 Å². The van der Waals surface area contributed by atoms with Gasteiger partial charge in [0.15, 0.2) is 16.7 Å². The third-order valence-electron chi connectivity index (χ3n) is 4.24. The minimum absolute atomic E-state index is 0.0412. The molecule has 1 atom stereocenters. The second-order valence-corrected chi connectivity index (χ2v) is 6.84. The highest BCUT2D eigenvalue weighted by atomic mass is 32.2. The molecule has 2 heterocycles. The van der Waals surface area contributed by atoms with E-state index in [0.29, 0.717) is 33.6 Å². The molecule has 3 rings (SSSR count). The molecule has 0 aliphatic carbocycles. The van der Waals surface area contributed by atoms with Gasteiger partial charge >= 0.3 is 0 Å². The summed E-state index contributed by atoms with van der Waals surface area (Å²) in [5.41, 5.74) is 0.689. The zero-order valence-electron chi connectivity index (χ0n) is 14.5. The van der Waals surface area contributed by atoms with E-state index < -0.39 is 5.92 Å². The van der Waals surface area contributed by atoms with Crippen LogP contribution in [0.5, 0.6) is 11.5 Å². The summed E-state index contributed by atoms with van der Waals surface area (Å²) in [4.78, 5) is 29.1. The van der Waals surface area contributed by atoms with Crippen LogP contribution in [0.2, 0.25) is 0 Å². The quantitative estimate of drug-likeness (QED) is 0.474. The van der Waals surface area contributed by atoms with E-state index in [4.69, 9.17) is 4.74 Å². The van der Waals surface area contributed by atoms with Crippen molar-refractivity contribution in [3.8, 4) is 11.5 Å². The van der Waals surface area contributed by atoms with E-state index >= 15 is 0 Å². The number of thioether (sulfide) groups is 1. The monoisotopic (exact) mass is 373 g/mol. The maximum Gasteiger partial charge on any atom is 0.279 e. The first-order chi connectivity index (χ1) is 12.5. The number of aromatic nitrogens is 2. The molecule has 0 bridgehead atoms. The van der Waals surface area contributed by atoms with Gasteiger partial charge in [-0.1, -0.05) is 23.9 Å². The van der Waals surface area contributed by atoms with E-state index in [-0.39, 0.29) is 23.6 Å². The highest BCUT2D eigenvalue weighted by Gasteiger charge is 2.32. The number of aromatic hydroxyl groups is 1. The van der Waals surface area contributed by atoms with Gasteiger partial charge in [-0.15, -0.1) is 6.58 Å². The van der Waals surface area contributed by atoms with Crippen LogP contribution in [0, 0.1) is 0 Å². The maximum absolute atomic E-state index is 12.7. The Kier molecular flexibility index (Phi) is 5.03. The van der Waals surface area contributed by atoms with Crippen LogP contribution < -0.4 is 15.6 Å². The molecule has 1 unspecified atom stereocenters. The zero-order chi connectivity index (χ0) is 18.8. The average Bonchev–Trinajstić information content (AvgIpc) is 2.62. The number of methoxy groups -OCH3 is 1. The Morgan fingerprint density at radius 3 is 2.92 bits per heavy atom. The van der Waals surface area contributed by atoms with E-state index in [9.17, 15) is 14.7 Å². The van der Waals surface area contributed by atoms with Crippen molar-refractivity contribution in [3.05, 3.63) is 52.3 Å². The topological polar surface area (TPSA) is 93.5 Å². The lowest BCUT2D eigenvalue weighted by Gasteiger charge is -2.27. The van der Waals surface area contributed by atoms with E-state index in [0.717, 1.165) is 0 Å². The van der Waals surface area contributed by atoms with Crippen molar-refractivity contribution >= 4 is 23.5 Å². The van der Waals surface area contributed by atoms with Gasteiger partial charge in [-0.3, -0.25) is 9.59 Å². The Labute approximate surface area is 154 Å². The number of fused-ring (bicyclic) bond motifs is 1. The van der Waals surface area contributed by atoms with Gasteiger partial charge in [-0.2, -0.15) is 4.98 Å². The van der Waals surface area contributed by atoms with Crippen molar-refractivity contribution in [1.29, 1.82) is 0 Å². The van der Waals surface area contributed by atoms with Crippen LogP contribution in [0.4, 0.5) is 5.82 Å². The number of hydrogen-bond acceptors (Lipinski definition) is 6. The summed E-state index contributed by atoms with van der Waals surface area (Å²) in [5.74, 6) is 0.645. The molecular formula is C18H19N3O4S. The summed E-state index contributed by atoms with van der Waals surface area (Å²) < 4.78 is 6.76. The van der Waals surface area contributed by atoms with E-state index in [1.807, 2.05) is 0 Å². The number of nitrogens with zero attached hydrogens (tertiary/aromatic N) is 2. The molecule has 0 saturated carbocycles. The van der Waals surface area contributed by atoms with Crippen molar-refractivity contribution in [2.75, 3.05) is 18.2 Å². The third-order valence-corrected chi connectivity index (χ3v) is 5.26. The van der Waals surface area contributed by atoms with Crippen LogP contribution in [0.1, 0.15) is 23.5 Å². The summed E-state index contributed by atoms with van der Waals surface area (Å²) in [5, 5.41) is 13.4. The van der Waals surface area contributed by atoms with Gasteiger partial charge in [-0.05, 0) is 17.7 Å².